The maximum Gasteiger partial charge on any atom is 0.224 e. The molecule has 0 aliphatic heterocycles. The highest BCUT2D eigenvalue weighted by molar-refractivity contribution is 7.80. The molecule has 1 aromatic heterocycles. The molecule has 2 aromatic rings. The monoisotopic (exact) mass is 278 g/mol. The molecule has 1 heterocycles. The first-order chi connectivity index (χ1) is 8.63. The highest BCUT2D eigenvalue weighted by Gasteiger charge is 2.04. The minimum absolute atomic E-state index is 0.00904. The van der Waals surface area contributed by atoms with E-state index in [1.807, 2.05) is 37.4 Å². The molecule has 0 bridgehead atoms. The number of thiol groups is 1. The molecule has 1 N–H and O–H groups in total. The predicted molar refractivity (Wildman–Crippen MR) is 76.1 cm³/mol. The maximum atomic E-state index is 11.7. The lowest BCUT2D eigenvalue weighted by Gasteiger charge is -2.03. The molecular formula is C13H14N2OS2. The number of amides is 1. The molecule has 0 fully saturated rings. The predicted octanol–water partition coefficient (Wildman–Crippen LogP) is 2.60. The van der Waals surface area contributed by atoms with Crippen LogP contribution in [-0.2, 0) is 17.8 Å². The van der Waals surface area contributed by atoms with Crippen LogP contribution in [0.1, 0.15) is 15.4 Å². The van der Waals surface area contributed by atoms with Crippen molar-refractivity contribution in [2.24, 2.45) is 0 Å². The zero-order chi connectivity index (χ0) is 13.0. The van der Waals surface area contributed by atoms with Crippen LogP contribution < -0.4 is 5.32 Å². The minimum Gasteiger partial charge on any atom is -0.349 e. The van der Waals surface area contributed by atoms with Crippen LogP contribution >= 0.6 is 24.0 Å². The normalized spacial score (nSPS) is 10.3. The molecule has 0 spiro atoms. The number of hydrogen-bond acceptors (Lipinski definition) is 4. The second-order valence-corrected chi connectivity index (χ2v) is 5.82. The number of nitrogens with zero attached hydrogens (tertiary/aromatic N) is 1. The van der Waals surface area contributed by atoms with Gasteiger partial charge in [0, 0.05) is 16.0 Å². The summed E-state index contributed by atoms with van der Waals surface area (Å²) in [6.45, 7) is 2.50. The van der Waals surface area contributed by atoms with Crippen LogP contribution in [0.25, 0.3) is 0 Å². The number of benzene rings is 1. The lowest BCUT2D eigenvalue weighted by atomic mass is 10.1. The number of aromatic nitrogens is 1. The van der Waals surface area contributed by atoms with E-state index in [0.29, 0.717) is 13.0 Å². The van der Waals surface area contributed by atoms with E-state index in [-0.39, 0.29) is 5.91 Å². The first-order valence-corrected chi connectivity index (χ1v) is 6.86. The quantitative estimate of drug-likeness (QED) is 0.844. The molecule has 0 saturated carbocycles. The summed E-state index contributed by atoms with van der Waals surface area (Å²) in [5, 5.41) is 3.80. The minimum atomic E-state index is 0.00904. The molecule has 0 saturated heterocycles. The molecule has 0 unspecified atom stereocenters. The number of rotatable bonds is 4. The van der Waals surface area contributed by atoms with E-state index in [1.165, 1.54) is 0 Å². The van der Waals surface area contributed by atoms with E-state index >= 15 is 0 Å². The third kappa shape index (κ3) is 3.85. The second kappa shape index (κ2) is 6.02. The van der Waals surface area contributed by atoms with Gasteiger partial charge in [-0.25, -0.2) is 4.98 Å². The molecule has 0 aliphatic rings. The zero-order valence-corrected chi connectivity index (χ0v) is 11.7. The van der Waals surface area contributed by atoms with E-state index in [2.05, 4.69) is 22.9 Å². The number of hydrogen-bond donors (Lipinski definition) is 2. The average Bonchev–Trinajstić information content (AvgIpc) is 2.76. The Bertz CT molecular complexity index is 534. The Labute approximate surface area is 116 Å². The fraction of sp³-hybridized carbons (Fsp3) is 0.231. The molecule has 1 amide bonds. The Balaban J connectivity index is 1.83. The van der Waals surface area contributed by atoms with E-state index in [9.17, 15) is 4.79 Å². The van der Waals surface area contributed by atoms with Gasteiger partial charge in [-0.15, -0.1) is 24.0 Å². The summed E-state index contributed by atoms with van der Waals surface area (Å²) >= 11 is 5.81. The standard InChI is InChI=1S/C13H14N2OS2/c1-9-7-15-13(18-9)8-14-12(16)6-10-2-4-11(17)5-3-10/h2-5,7,17H,6,8H2,1H3,(H,14,16). The van der Waals surface area contributed by atoms with Crippen molar-refractivity contribution in [1.82, 2.24) is 10.3 Å². The van der Waals surface area contributed by atoms with Crippen LogP contribution in [0, 0.1) is 6.92 Å². The number of carbonyl (C=O) groups excluding carboxylic acids is 1. The Morgan fingerprint density at radius 1 is 1.39 bits per heavy atom. The molecule has 0 aliphatic carbocycles. The molecule has 1 aromatic carbocycles. The van der Waals surface area contributed by atoms with Gasteiger partial charge < -0.3 is 5.32 Å². The van der Waals surface area contributed by atoms with Crippen LogP contribution in [0.5, 0.6) is 0 Å². The Hall–Kier alpha value is -1.33. The smallest absolute Gasteiger partial charge is 0.224 e. The molecule has 18 heavy (non-hydrogen) atoms. The van der Waals surface area contributed by atoms with Gasteiger partial charge in [0.25, 0.3) is 0 Å². The molecule has 2 rings (SSSR count). The molecule has 3 nitrogen and oxygen atoms in total. The summed E-state index contributed by atoms with van der Waals surface area (Å²) in [6.07, 6.45) is 2.20. The van der Waals surface area contributed by atoms with Gasteiger partial charge in [-0.05, 0) is 24.6 Å². The van der Waals surface area contributed by atoms with Crippen LogP contribution in [0.4, 0.5) is 0 Å². The van der Waals surface area contributed by atoms with Gasteiger partial charge in [0.1, 0.15) is 5.01 Å². The number of thiazole rings is 1. The van der Waals surface area contributed by atoms with Crippen molar-refractivity contribution in [2.75, 3.05) is 0 Å². The van der Waals surface area contributed by atoms with Crippen molar-refractivity contribution in [3.8, 4) is 0 Å². The maximum absolute atomic E-state index is 11.7. The van der Waals surface area contributed by atoms with Crippen molar-refractivity contribution in [2.45, 2.75) is 24.8 Å². The van der Waals surface area contributed by atoms with E-state index in [4.69, 9.17) is 0 Å². The molecule has 94 valence electrons. The van der Waals surface area contributed by atoms with Crippen molar-refractivity contribution < 1.29 is 4.79 Å². The van der Waals surface area contributed by atoms with Gasteiger partial charge >= 0.3 is 0 Å². The van der Waals surface area contributed by atoms with Crippen LogP contribution in [0.2, 0.25) is 0 Å². The first-order valence-electron chi connectivity index (χ1n) is 5.59. The largest absolute Gasteiger partial charge is 0.349 e. The highest BCUT2D eigenvalue weighted by atomic mass is 32.1. The van der Waals surface area contributed by atoms with Gasteiger partial charge in [-0.1, -0.05) is 12.1 Å². The van der Waals surface area contributed by atoms with Gasteiger partial charge in [-0.3, -0.25) is 4.79 Å². The fourth-order valence-corrected chi connectivity index (χ4v) is 2.39. The topological polar surface area (TPSA) is 42.0 Å². The molecule has 0 atom stereocenters. The van der Waals surface area contributed by atoms with Crippen molar-refractivity contribution >= 4 is 29.9 Å². The summed E-state index contributed by atoms with van der Waals surface area (Å²) < 4.78 is 0. The third-order valence-electron chi connectivity index (χ3n) is 2.41. The van der Waals surface area contributed by atoms with E-state index in [0.717, 1.165) is 20.3 Å². The molecular weight excluding hydrogens is 264 g/mol. The Morgan fingerprint density at radius 3 is 2.72 bits per heavy atom. The first kappa shape index (κ1) is 13.1. The Morgan fingerprint density at radius 2 is 2.11 bits per heavy atom. The highest BCUT2D eigenvalue weighted by Crippen LogP contribution is 2.11. The van der Waals surface area contributed by atoms with Gasteiger partial charge in [-0.2, -0.15) is 0 Å². The average molecular weight is 278 g/mol. The Kier molecular flexibility index (Phi) is 4.38. The van der Waals surface area contributed by atoms with Crippen molar-refractivity contribution in [3.63, 3.8) is 0 Å². The molecule has 0 radical (unpaired) electrons. The second-order valence-electron chi connectivity index (χ2n) is 3.98. The third-order valence-corrected chi connectivity index (χ3v) is 3.62. The zero-order valence-electron chi connectivity index (χ0n) is 10.0. The van der Waals surface area contributed by atoms with Gasteiger partial charge in [0.15, 0.2) is 0 Å². The summed E-state index contributed by atoms with van der Waals surface area (Å²) in [7, 11) is 0. The van der Waals surface area contributed by atoms with Crippen LogP contribution in [0.3, 0.4) is 0 Å². The fourth-order valence-electron chi connectivity index (χ4n) is 1.52. The van der Waals surface area contributed by atoms with Crippen LogP contribution in [-0.4, -0.2) is 10.9 Å². The number of aryl methyl sites for hydroxylation is 1. The van der Waals surface area contributed by atoms with E-state index < -0.39 is 0 Å². The van der Waals surface area contributed by atoms with Gasteiger partial charge in [0.05, 0.1) is 13.0 Å². The van der Waals surface area contributed by atoms with Gasteiger partial charge in [0.2, 0.25) is 5.91 Å². The summed E-state index contributed by atoms with van der Waals surface area (Å²) in [5.41, 5.74) is 0.987. The number of nitrogens with one attached hydrogen (secondary N) is 1. The summed E-state index contributed by atoms with van der Waals surface area (Å²) in [5.74, 6) is 0.00904. The van der Waals surface area contributed by atoms with Crippen molar-refractivity contribution in [1.29, 1.82) is 0 Å². The summed E-state index contributed by atoms with van der Waals surface area (Å²) in [6, 6.07) is 7.59. The lowest BCUT2D eigenvalue weighted by Crippen LogP contribution is -2.24. The SMILES string of the molecule is Cc1cnc(CNC(=O)Cc2ccc(S)cc2)s1. The number of carbonyl (C=O) groups is 1. The lowest BCUT2D eigenvalue weighted by molar-refractivity contribution is -0.120. The van der Waals surface area contributed by atoms with Crippen molar-refractivity contribution in [3.05, 3.63) is 45.9 Å². The van der Waals surface area contributed by atoms with Crippen LogP contribution in [0.15, 0.2) is 35.4 Å². The summed E-state index contributed by atoms with van der Waals surface area (Å²) in [4.78, 5) is 18.0. The molecule has 5 heteroatoms. The van der Waals surface area contributed by atoms with E-state index in [1.54, 1.807) is 11.3 Å².